The summed E-state index contributed by atoms with van der Waals surface area (Å²) in [5, 5.41) is 9.11. The van der Waals surface area contributed by atoms with Crippen molar-refractivity contribution in [1.29, 1.82) is 0 Å². The Morgan fingerprint density at radius 2 is 1.80 bits per heavy atom. The Labute approximate surface area is 94.6 Å². The van der Waals surface area contributed by atoms with Gasteiger partial charge in [-0.15, -0.1) is 0 Å². The first kappa shape index (κ1) is 14.9. The van der Waals surface area contributed by atoms with E-state index in [9.17, 15) is 0 Å². The molecule has 0 saturated carbocycles. The van der Waals surface area contributed by atoms with Crippen LogP contribution >= 0.6 is 0 Å². The number of aliphatic hydroxyl groups is 1. The maximum Gasteiger partial charge on any atom is 0.0468 e. The van der Waals surface area contributed by atoms with Gasteiger partial charge in [0, 0.05) is 25.2 Å². The molecule has 15 heavy (non-hydrogen) atoms. The smallest absolute Gasteiger partial charge is 0.0468 e. The molecule has 0 heterocycles. The molecule has 3 heteroatoms. The minimum atomic E-state index is 0.123. The highest BCUT2D eigenvalue weighted by Crippen LogP contribution is 2.23. The van der Waals surface area contributed by atoms with Gasteiger partial charge in [0.05, 0.1) is 0 Å². The molecule has 0 saturated heterocycles. The van der Waals surface area contributed by atoms with Crippen molar-refractivity contribution >= 4 is 0 Å². The zero-order valence-electron chi connectivity index (χ0n) is 10.8. The van der Waals surface area contributed by atoms with Crippen molar-refractivity contribution in [3.63, 3.8) is 0 Å². The van der Waals surface area contributed by atoms with Crippen LogP contribution < -0.4 is 5.73 Å². The molecule has 0 amide bonds. The highest BCUT2D eigenvalue weighted by Gasteiger charge is 2.31. The van der Waals surface area contributed by atoms with Gasteiger partial charge in [-0.1, -0.05) is 27.7 Å². The molecule has 1 unspecified atom stereocenters. The van der Waals surface area contributed by atoms with Gasteiger partial charge < -0.3 is 10.8 Å². The lowest BCUT2D eigenvalue weighted by molar-refractivity contribution is 0.0630. The zero-order chi connectivity index (χ0) is 11.9. The van der Waals surface area contributed by atoms with Gasteiger partial charge in [0.25, 0.3) is 0 Å². The van der Waals surface area contributed by atoms with Gasteiger partial charge in [-0.3, -0.25) is 4.90 Å². The van der Waals surface area contributed by atoms with E-state index in [-0.39, 0.29) is 12.1 Å². The van der Waals surface area contributed by atoms with Gasteiger partial charge in [0.1, 0.15) is 0 Å². The third-order valence-corrected chi connectivity index (χ3v) is 3.59. The Bertz CT molecular complexity index is 149. The number of hydrogen-bond donors (Lipinski definition) is 2. The highest BCUT2D eigenvalue weighted by atomic mass is 16.3. The fourth-order valence-corrected chi connectivity index (χ4v) is 2.21. The molecule has 0 rings (SSSR count). The molecule has 1 atom stereocenters. The second-order valence-electron chi connectivity index (χ2n) is 4.46. The lowest BCUT2D eigenvalue weighted by atomic mass is 9.89. The lowest BCUT2D eigenvalue weighted by Gasteiger charge is -2.43. The maximum absolute atomic E-state index is 9.11. The van der Waals surface area contributed by atoms with Crippen LogP contribution in [-0.4, -0.2) is 41.8 Å². The van der Waals surface area contributed by atoms with Gasteiger partial charge in [-0.25, -0.2) is 0 Å². The van der Waals surface area contributed by atoms with Crippen molar-refractivity contribution < 1.29 is 5.11 Å². The second kappa shape index (κ2) is 7.20. The maximum atomic E-state index is 9.11. The van der Waals surface area contributed by atoms with Crippen LogP contribution in [0.4, 0.5) is 0 Å². The fourth-order valence-electron chi connectivity index (χ4n) is 2.21. The van der Waals surface area contributed by atoms with Crippen LogP contribution in [0.25, 0.3) is 0 Å². The van der Waals surface area contributed by atoms with Crippen molar-refractivity contribution in [1.82, 2.24) is 4.90 Å². The molecule has 0 radical (unpaired) electrons. The molecule has 3 nitrogen and oxygen atoms in total. The van der Waals surface area contributed by atoms with E-state index in [1.165, 1.54) is 0 Å². The molecule has 0 aromatic carbocycles. The Hall–Kier alpha value is -0.120. The number of aliphatic hydroxyl groups excluding tert-OH is 1. The van der Waals surface area contributed by atoms with E-state index in [4.69, 9.17) is 10.8 Å². The topological polar surface area (TPSA) is 49.5 Å². The van der Waals surface area contributed by atoms with Crippen LogP contribution in [0.15, 0.2) is 0 Å². The summed E-state index contributed by atoms with van der Waals surface area (Å²) in [6, 6.07) is 0. The number of nitrogens with two attached hydrogens (primary N) is 1. The van der Waals surface area contributed by atoms with E-state index >= 15 is 0 Å². The quantitative estimate of drug-likeness (QED) is 0.646. The summed E-state index contributed by atoms with van der Waals surface area (Å²) in [6.45, 7) is 11.5. The average Bonchev–Trinajstić information content (AvgIpc) is 2.29. The molecule has 0 spiro atoms. The van der Waals surface area contributed by atoms with E-state index in [2.05, 4.69) is 32.6 Å². The Morgan fingerprint density at radius 3 is 2.07 bits per heavy atom. The molecule has 3 N–H and O–H groups in total. The molecular formula is C12H28N2O. The summed E-state index contributed by atoms with van der Waals surface area (Å²) in [5.74, 6) is 0.328. The number of hydrogen-bond acceptors (Lipinski definition) is 3. The number of nitrogens with zero attached hydrogens (tertiary/aromatic N) is 1. The average molecular weight is 216 g/mol. The normalized spacial score (nSPS) is 14.6. The summed E-state index contributed by atoms with van der Waals surface area (Å²) in [7, 11) is 0. The minimum Gasteiger partial charge on any atom is -0.396 e. The lowest BCUT2D eigenvalue weighted by Crippen LogP contribution is -2.54. The first-order valence-corrected chi connectivity index (χ1v) is 6.16. The van der Waals surface area contributed by atoms with Crippen molar-refractivity contribution in [3.8, 4) is 0 Å². The van der Waals surface area contributed by atoms with Crippen LogP contribution in [0.5, 0.6) is 0 Å². The second-order valence-corrected chi connectivity index (χ2v) is 4.46. The minimum absolute atomic E-state index is 0.123. The van der Waals surface area contributed by atoms with Crippen LogP contribution in [-0.2, 0) is 0 Å². The van der Waals surface area contributed by atoms with Crippen LogP contribution in [0, 0.1) is 5.92 Å². The Balaban J connectivity index is 4.58. The summed E-state index contributed by atoms with van der Waals surface area (Å²) in [6.07, 6.45) is 2.15. The van der Waals surface area contributed by atoms with Crippen molar-refractivity contribution in [3.05, 3.63) is 0 Å². The number of rotatable bonds is 8. The monoisotopic (exact) mass is 216 g/mol. The summed E-state index contributed by atoms with van der Waals surface area (Å²) in [5.41, 5.74) is 6.04. The standard InChI is InChI=1S/C12H28N2O/c1-5-12(6-2,10-13)14(7-3)8-11(4)9-15/h11,15H,5-10,13H2,1-4H3. The predicted octanol–water partition coefficient (Wildman–Crippen LogP) is 1.45. The van der Waals surface area contributed by atoms with E-state index in [1.807, 2.05) is 0 Å². The third kappa shape index (κ3) is 3.74. The van der Waals surface area contributed by atoms with Crippen molar-refractivity contribution in [2.75, 3.05) is 26.2 Å². The predicted molar refractivity (Wildman–Crippen MR) is 65.9 cm³/mol. The van der Waals surface area contributed by atoms with Crippen LogP contribution in [0.3, 0.4) is 0 Å². The third-order valence-electron chi connectivity index (χ3n) is 3.59. The highest BCUT2D eigenvalue weighted by molar-refractivity contribution is 4.89. The molecule has 0 aromatic rings. The van der Waals surface area contributed by atoms with Gasteiger partial charge in [-0.05, 0) is 25.3 Å². The molecule has 0 aromatic heterocycles. The molecule has 0 aliphatic carbocycles. The molecule has 0 fully saturated rings. The van der Waals surface area contributed by atoms with Gasteiger partial charge >= 0.3 is 0 Å². The fraction of sp³-hybridized carbons (Fsp3) is 1.00. The summed E-state index contributed by atoms with van der Waals surface area (Å²) >= 11 is 0. The molecule has 0 aliphatic rings. The SMILES string of the molecule is CCN(CC(C)CO)C(CC)(CC)CN. The summed E-state index contributed by atoms with van der Waals surface area (Å²) < 4.78 is 0. The zero-order valence-corrected chi connectivity index (χ0v) is 10.8. The van der Waals surface area contributed by atoms with Crippen molar-refractivity contribution in [2.45, 2.75) is 46.1 Å². The largest absolute Gasteiger partial charge is 0.396 e. The Kier molecular flexibility index (Phi) is 7.14. The molecule has 0 aliphatic heterocycles. The van der Waals surface area contributed by atoms with Crippen LogP contribution in [0.2, 0.25) is 0 Å². The molecule has 0 bridgehead atoms. The molecular weight excluding hydrogens is 188 g/mol. The Morgan fingerprint density at radius 1 is 1.27 bits per heavy atom. The van der Waals surface area contributed by atoms with Gasteiger partial charge in [0.2, 0.25) is 0 Å². The molecule has 92 valence electrons. The summed E-state index contributed by atoms with van der Waals surface area (Å²) in [4.78, 5) is 2.42. The van der Waals surface area contributed by atoms with E-state index in [0.717, 1.165) is 25.9 Å². The van der Waals surface area contributed by atoms with E-state index in [1.54, 1.807) is 0 Å². The van der Waals surface area contributed by atoms with Crippen LogP contribution in [0.1, 0.15) is 40.5 Å². The van der Waals surface area contributed by atoms with Crippen molar-refractivity contribution in [2.24, 2.45) is 11.7 Å². The first-order valence-electron chi connectivity index (χ1n) is 6.16. The number of likely N-dealkylation sites (N-methyl/N-ethyl adjacent to an activating group) is 1. The van der Waals surface area contributed by atoms with Gasteiger partial charge in [-0.2, -0.15) is 0 Å². The van der Waals surface area contributed by atoms with E-state index < -0.39 is 0 Å². The van der Waals surface area contributed by atoms with Gasteiger partial charge in [0.15, 0.2) is 0 Å². The van der Waals surface area contributed by atoms with E-state index in [0.29, 0.717) is 12.5 Å². The first-order chi connectivity index (χ1) is 7.10.